The number of hydrogen-bond donors (Lipinski definition) is 3. The summed E-state index contributed by atoms with van der Waals surface area (Å²) in [5, 5.41) is 18.3. The zero-order valence-corrected chi connectivity index (χ0v) is 7.82. The molecule has 0 bridgehead atoms. The van der Waals surface area contributed by atoms with Crippen molar-refractivity contribution in [3.63, 3.8) is 0 Å². The van der Waals surface area contributed by atoms with Crippen LogP contribution in [0.2, 0.25) is 0 Å². The van der Waals surface area contributed by atoms with Gasteiger partial charge in [0.05, 0.1) is 5.70 Å². The van der Waals surface area contributed by atoms with Gasteiger partial charge in [0, 0.05) is 5.57 Å². The summed E-state index contributed by atoms with van der Waals surface area (Å²) in [5.41, 5.74) is 12.2. The van der Waals surface area contributed by atoms with Crippen LogP contribution in [0.25, 0.3) is 0 Å². The largest absolute Gasteiger partial charge is 0.504 e. The average molecular weight is 203 g/mol. The van der Waals surface area contributed by atoms with Crippen LogP contribution in [0.3, 0.4) is 0 Å². The van der Waals surface area contributed by atoms with Crippen LogP contribution >= 0.6 is 0 Å². The topological polar surface area (TPSA) is 105 Å². The second kappa shape index (κ2) is 3.10. The molecular weight excluding hydrogens is 194 g/mol. The molecule has 0 fully saturated rings. The molecule has 0 spiro atoms. The number of nitrogens with zero attached hydrogens (tertiary/aromatic N) is 1. The number of ether oxygens (including phenoxy) is 1. The summed E-state index contributed by atoms with van der Waals surface area (Å²) in [6, 6.07) is 1.87. The molecule has 1 heterocycles. The first-order valence-corrected chi connectivity index (χ1v) is 4.32. The van der Waals surface area contributed by atoms with Crippen LogP contribution in [-0.4, -0.2) is 5.11 Å². The lowest BCUT2D eigenvalue weighted by Crippen LogP contribution is -2.21. The molecule has 0 amide bonds. The summed E-state index contributed by atoms with van der Waals surface area (Å²) in [6.45, 7) is 0. The second-order valence-corrected chi connectivity index (χ2v) is 3.17. The third kappa shape index (κ3) is 1.23. The number of aliphatic hydroxyl groups is 1. The fourth-order valence-electron chi connectivity index (χ4n) is 1.52. The van der Waals surface area contributed by atoms with Crippen molar-refractivity contribution >= 4 is 0 Å². The average Bonchev–Trinajstić information content (AvgIpc) is 2.20. The van der Waals surface area contributed by atoms with Gasteiger partial charge < -0.3 is 21.3 Å². The van der Waals surface area contributed by atoms with Crippen molar-refractivity contribution in [3.05, 3.63) is 46.4 Å². The van der Waals surface area contributed by atoms with Crippen LogP contribution in [0, 0.1) is 11.3 Å². The number of fused-ring (bicyclic) bond motifs is 1. The fraction of sp³-hybridized carbons (Fsp3) is 0.100. The van der Waals surface area contributed by atoms with E-state index in [0.717, 1.165) is 0 Å². The third-order valence-corrected chi connectivity index (χ3v) is 2.27. The quantitative estimate of drug-likeness (QED) is 0.536. The van der Waals surface area contributed by atoms with E-state index in [0.29, 0.717) is 12.0 Å². The summed E-state index contributed by atoms with van der Waals surface area (Å²) < 4.78 is 5.15. The number of aliphatic hydroxyl groups excluding tert-OH is 1. The Labute approximate surface area is 86.2 Å². The van der Waals surface area contributed by atoms with Gasteiger partial charge in [0.1, 0.15) is 11.6 Å². The Morgan fingerprint density at radius 1 is 1.47 bits per heavy atom. The van der Waals surface area contributed by atoms with E-state index in [1.54, 1.807) is 6.08 Å². The van der Waals surface area contributed by atoms with Crippen molar-refractivity contribution in [1.29, 1.82) is 5.26 Å². The lowest BCUT2D eigenvalue weighted by Gasteiger charge is -2.23. The Morgan fingerprint density at radius 3 is 2.87 bits per heavy atom. The molecule has 1 aliphatic carbocycles. The van der Waals surface area contributed by atoms with Gasteiger partial charge in [-0.2, -0.15) is 5.26 Å². The van der Waals surface area contributed by atoms with Crippen molar-refractivity contribution in [2.75, 3.05) is 0 Å². The van der Waals surface area contributed by atoms with Gasteiger partial charge in [-0.3, -0.25) is 0 Å². The monoisotopic (exact) mass is 203 g/mol. The Bertz CT molecular complexity index is 489. The number of nitriles is 1. The molecule has 0 unspecified atom stereocenters. The van der Waals surface area contributed by atoms with E-state index in [4.69, 9.17) is 21.5 Å². The van der Waals surface area contributed by atoms with Crippen molar-refractivity contribution in [1.82, 2.24) is 0 Å². The minimum atomic E-state index is -0.0735. The Hall–Kier alpha value is -2.35. The molecule has 0 aromatic rings. The van der Waals surface area contributed by atoms with E-state index >= 15 is 0 Å². The molecule has 0 atom stereocenters. The predicted octanol–water partition coefficient (Wildman–Crippen LogP) is 0.653. The summed E-state index contributed by atoms with van der Waals surface area (Å²) in [4.78, 5) is 0. The fourth-order valence-corrected chi connectivity index (χ4v) is 1.52. The normalized spacial score (nSPS) is 19.9. The lowest BCUT2D eigenvalue weighted by atomic mass is 9.97. The molecular formula is C10H9N3O2. The van der Waals surface area contributed by atoms with E-state index in [-0.39, 0.29) is 28.7 Å². The maximum atomic E-state index is 9.52. The summed E-state index contributed by atoms with van der Waals surface area (Å²) in [7, 11) is 0. The summed E-state index contributed by atoms with van der Waals surface area (Å²) >= 11 is 0. The molecule has 1 aliphatic heterocycles. The molecule has 5 heteroatoms. The molecule has 76 valence electrons. The van der Waals surface area contributed by atoms with Crippen LogP contribution in [0.1, 0.15) is 6.42 Å². The molecule has 0 radical (unpaired) electrons. The van der Waals surface area contributed by atoms with Gasteiger partial charge in [-0.15, -0.1) is 0 Å². The summed E-state index contributed by atoms with van der Waals surface area (Å²) in [6.07, 6.45) is 3.77. The molecule has 5 N–H and O–H groups in total. The highest BCUT2D eigenvalue weighted by Gasteiger charge is 2.27. The van der Waals surface area contributed by atoms with Gasteiger partial charge in [-0.1, -0.05) is 6.08 Å². The van der Waals surface area contributed by atoms with Gasteiger partial charge in [0.25, 0.3) is 0 Å². The molecule has 0 saturated heterocycles. The van der Waals surface area contributed by atoms with Crippen molar-refractivity contribution < 1.29 is 9.84 Å². The van der Waals surface area contributed by atoms with E-state index < -0.39 is 0 Å². The molecule has 2 aliphatic rings. The first-order valence-electron chi connectivity index (χ1n) is 4.32. The maximum absolute atomic E-state index is 9.52. The van der Waals surface area contributed by atoms with E-state index in [1.807, 2.05) is 6.07 Å². The molecule has 0 aromatic heterocycles. The zero-order chi connectivity index (χ0) is 11.0. The lowest BCUT2D eigenvalue weighted by molar-refractivity contribution is 0.266. The van der Waals surface area contributed by atoms with Gasteiger partial charge in [-0.25, -0.2) is 0 Å². The van der Waals surface area contributed by atoms with E-state index in [2.05, 4.69) is 0 Å². The van der Waals surface area contributed by atoms with Crippen LogP contribution in [0.5, 0.6) is 0 Å². The van der Waals surface area contributed by atoms with Gasteiger partial charge >= 0.3 is 0 Å². The Balaban J connectivity index is 2.62. The van der Waals surface area contributed by atoms with Gasteiger partial charge in [-0.05, 0) is 12.5 Å². The SMILES string of the molecule is N#CC1=C(N)OC2=C(O)C=CCC2=C1N. The number of rotatable bonds is 0. The first-order chi connectivity index (χ1) is 7.15. The number of hydrogen-bond acceptors (Lipinski definition) is 5. The number of nitrogens with two attached hydrogens (primary N) is 2. The highest BCUT2D eigenvalue weighted by atomic mass is 16.5. The van der Waals surface area contributed by atoms with Crippen LogP contribution < -0.4 is 11.5 Å². The predicted molar refractivity (Wildman–Crippen MR) is 52.5 cm³/mol. The smallest absolute Gasteiger partial charge is 0.211 e. The van der Waals surface area contributed by atoms with E-state index in [1.165, 1.54) is 6.08 Å². The van der Waals surface area contributed by atoms with Crippen LogP contribution in [0.15, 0.2) is 46.4 Å². The third-order valence-electron chi connectivity index (χ3n) is 2.27. The summed E-state index contributed by atoms with van der Waals surface area (Å²) in [5.74, 6) is 0.140. The highest BCUT2D eigenvalue weighted by Crippen LogP contribution is 2.33. The minimum Gasteiger partial charge on any atom is -0.504 e. The van der Waals surface area contributed by atoms with E-state index in [9.17, 15) is 5.11 Å². The van der Waals surface area contributed by atoms with Crippen molar-refractivity contribution in [3.8, 4) is 6.07 Å². The maximum Gasteiger partial charge on any atom is 0.211 e. The van der Waals surface area contributed by atoms with Crippen molar-refractivity contribution in [2.45, 2.75) is 6.42 Å². The Morgan fingerprint density at radius 2 is 2.20 bits per heavy atom. The first kappa shape index (κ1) is 9.21. The Kier molecular flexibility index (Phi) is 1.90. The highest BCUT2D eigenvalue weighted by molar-refractivity contribution is 5.55. The molecule has 0 saturated carbocycles. The standard InChI is InChI=1S/C10H9N3O2/c11-4-6-8(12)5-2-1-3-7(14)9(5)15-10(6)13/h1,3,14H,2,12-13H2. The molecule has 0 aromatic carbocycles. The minimum absolute atomic E-state index is 0.0286. The van der Waals surface area contributed by atoms with Crippen LogP contribution in [0.4, 0.5) is 0 Å². The number of allylic oxidation sites excluding steroid dienone is 4. The van der Waals surface area contributed by atoms with Crippen LogP contribution in [-0.2, 0) is 4.74 Å². The van der Waals surface area contributed by atoms with Gasteiger partial charge in [0.15, 0.2) is 11.5 Å². The molecule has 2 rings (SSSR count). The second-order valence-electron chi connectivity index (χ2n) is 3.17. The van der Waals surface area contributed by atoms with Crippen molar-refractivity contribution in [2.24, 2.45) is 11.5 Å². The zero-order valence-electron chi connectivity index (χ0n) is 7.82. The molecule has 5 nitrogen and oxygen atoms in total. The molecule has 15 heavy (non-hydrogen) atoms. The van der Waals surface area contributed by atoms with Gasteiger partial charge in [0.2, 0.25) is 5.88 Å².